The molecule has 2 N–H and O–H groups in total. The predicted molar refractivity (Wildman–Crippen MR) is 107 cm³/mol. The third-order valence-electron chi connectivity index (χ3n) is 4.80. The van der Waals surface area contributed by atoms with Gasteiger partial charge in [0.2, 0.25) is 5.78 Å². The summed E-state index contributed by atoms with van der Waals surface area (Å²) in [4.78, 5) is 33.9. The summed E-state index contributed by atoms with van der Waals surface area (Å²) < 4.78 is 5.50. The standard InChI is InChI=1S/C22H30O6/c1-6-22(4,5)21(27)28-13-16-12-14(2)11-15(3)18(16)9-7-17(23)8-10-19(24)20(25)26/h7,9,11-12,17,23H,6,8,10,13H2,1-5H3,(H,25,26)/b9-7+. The fourth-order valence-electron chi connectivity index (χ4n) is 2.60. The van der Waals surface area contributed by atoms with Gasteiger partial charge in [-0.05, 0) is 57.2 Å². The topological polar surface area (TPSA) is 101 Å². The number of rotatable bonds is 10. The second-order valence-corrected chi connectivity index (χ2v) is 7.66. The molecule has 0 aromatic heterocycles. The molecule has 0 aliphatic carbocycles. The number of carbonyl (C=O) groups is 3. The lowest BCUT2D eigenvalue weighted by Gasteiger charge is -2.21. The lowest BCUT2D eigenvalue weighted by molar-refractivity contribution is -0.155. The van der Waals surface area contributed by atoms with E-state index < -0.39 is 23.3 Å². The molecule has 28 heavy (non-hydrogen) atoms. The Morgan fingerprint density at radius 1 is 1.21 bits per heavy atom. The minimum Gasteiger partial charge on any atom is -0.476 e. The molecule has 0 bridgehead atoms. The van der Waals surface area contributed by atoms with Gasteiger partial charge in [0.1, 0.15) is 6.61 Å². The highest BCUT2D eigenvalue weighted by Gasteiger charge is 2.27. The zero-order valence-electron chi connectivity index (χ0n) is 17.2. The first-order valence-electron chi connectivity index (χ1n) is 9.37. The molecule has 1 aromatic rings. The first-order chi connectivity index (χ1) is 13.0. The maximum atomic E-state index is 12.3. The first-order valence-corrected chi connectivity index (χ1v) is 9.37. The first kappa shape index (κ1) is 23.6. The number of aryl methyl sites for hydroxylation is 2. The number of ether oxygens (including phenoxy) is 1. The fourth-order valence-corrected chi connectivity index (χ4v) is 2.60. The van der Waals surface area contributed by atoms with Crippen LogP contribution in [0.1, 0.15) is 62.3 Å². The van der Waals surface area contributed by atoms with Gasteiger partial charge in [-0.2, -0.15) is 0 Å². The summed E-state index contributed by atoms with van der Waals surface area (Å²) in [6.45, 7) is 9.61. The van der Waals surface area contributed by atoms with E-state index in [-0.39, 0.29) is 25.4 Å². The SMILES string of the molecule is CCC(C)(C)C(=O)OCc1cc(C)cc(C)c1/C=C/C(O)CCC(=O)C(=O)O. The number of esters is 1. The minimum absolute atomic E-state index is 0.0293. The van der Waals surface area contributed by atoms with E-state index in [0.717, 1.165) is 22.3 Å². The number of benzene rings is 1. The van der Waals surface area contributed by atoms with E-state index >= 15 is 0 Å². The highest BCUT2D eigenvalue weighted by Crippen LogP contribution is 2.24. The van der Waals surface area contributed by atoms with Gasteiger partial charge in [-0.25, -0.2) is 4.79 Å². The zero-order chi connectivity index (χ0) is 21.5. The number of Topliss-reactive ketones (excluding diaryl/α,β-unsaturated/α-hetero) is 1. The van der Waals surface area contributed by atoms with Crippen LogP contribution in [0.15, 0.2) is 18.2 Å². The molecule has 0 aliphatic heterocycles. The predicted octanol–water partition coefficient (Wildman–Crippen LogP) is 3.59. The molecular formula is C22H30O6. The Kier molecular flexibility index (Phi) is 8.57. The average molecular weight is 390 g/mol. The van der Waals surface area contributed by atoms with Crippen LogP contribution in [-0.4, -0.2) is 34.0 Å². The van der Waals surface area contributed by atoms with Crippen molar-refractivity contribution in [3.05, 3.63) is 40.5 Å². The van der Waals surface area contributed by atoms with Crippen molar-refractivity contribution in [3.8, 4) is 0 Å². The van der Waals surface area contributed by atoms with Gasteiger partial charge in [0.25, 0.3) is 0 Å². The van der Waals surface area contributed by atoms with E-state index in [2.05, 4.69) is 0 Å². The van der Waals surface area contributed by atoms with Crippen LogP contribution in [0.2, 0.25) is 0 Å². The average Bonchev–Trinajstić information content (AvgIpc) is 2.62. The molecule has 0 aliphatic rings. The number of carboxylic acids is 1. The Labute approximate surface area is 166 Å². The monoisotopic (exact) mass is 390 g/mol. The van der Waals surface area contributed by atoms with Crippen LogP contribution >= 0.6 is 0 Å². The van der Waals surface area contributed by atoms with Crippen LogP contribution in [0.25, 0.3) is 6.08 Å². The Balaban J connectivity index is 2.92. The van der Waals surface area contributed by atoms with Crippen LogP contribution in [-0.2, 0) is 25.7 Å². The number of carbonyl (C=O) groups excluding carboxylic acids is 2. The smallest absolute Gasteiger partial charge is 0.372 e. The quantitative estimate of drug-likeness (QED) is 0.468. The van der Waals surface area contributed by atoms with Crippen LogP contribution < -0.4 is 0 Å². The second-order valence-electron chi connectivity index (χ2n) is 7.66. The Hall–Kier alpha value is -2.47. The molecule has 154 valence electrons. The number of carboxylic acid groups (broad SMARTS) is 1. The van der Waals surface area contributed by atoms with E-state index in [9.17, 15) is 19.5 Å². The lowest BCUT2D eigenvalue weighted by Crippen LogP contribution is -2.25. The van der Waals surface area contributed by atoms with Gasteiger partial charge in [0.05, 0.1) is 11.5 Å². The van der Waals surface area contributed by atoms with E-state index in [4.69, 9.17) is 9.84 Å². The van der Waals surface area contributed by atoms with E-state index in [1.165, 1.54) is 6.08 Å². The molecule has 1 aromatic carbocycles. The normalized spacial score (nSPS) is 12.8. The minimum atomic E-state index is -1.50. The molecule has 6 nitrogen and oxygen atoms in total. The molecule has 0 fully saturated rings. The third-order valence-corrected chi connectivity index (χ3v) is 4.80. The van der Waals surface area contributed by atoms with Crippen LogP contribution in [0.5, 0.6) is 0 Å². The van der Waals surface area contributed by atoms with Crippen molar-refractivity contribution in [1.82, 2.24) is 0 Å². The third kappa shape index (κ3) is 6.93. The van der Waals surface area contributed by atoms with Crippen molar-refractivity contribution < 1.29 is 29.3 Å². The summed E-state index contributed by atoms with van der Waals surface area (Å²) >= 11 is 0. The van der Waals surface area contributed by atoms with Gasteiger partial charge < -0.3 is 14.9 Å². The van der Waals surface area contributed by atoms with Crippen LogP contribution in [0, 0.1) is 19.3 Å². The van der Waals surface area contributed by atoms with Crippen molar-refractivity contribution in [2.45, 2.75) is 66.6 Å². The molecule has 1 unspecified atom stereocenters. The lowest BCUT2D eigenvalue weighted by atomic mass is 9.90. The zero-order valence-corrected chi connectivity index (χ0v) is 17.2. The van der Waals surface area contributed by atoms with Gasteiger partial charge in [-0.15, -0.1) is 0 Å². The number of aliphatic carboxylic acids is 1. The van der Waals surface area contributed by atoms with Gasteiger partial charge in [0.15, 0.2) is 0 Å². The largest absolute Gasteiger partial charge is 0.476 e. The Bertz CT molecular complexity index is 761. The van der Waals surface area contributed by atoms with Crippen molar-refractivity contribution in [1.29, 1.82) is 0 Å². The molecule has 0 heterocycles. The summed E-state index contributed by atoms with van der Waals surface area (Å²) in [5, 5.41) is 18.6. The molecule has 0 saturated heterocycles. The summed E-state index contributed by atoms with van der Waals surface area (Å²) in [5.74, 6) is -2.69. The van der Waals surface area contributed by atoms with E-state index in [0.29, 0.717) is 6.42 Å². The van der Waals surface area contributed by atoms with Gasteiger partial charge in [-0.3, -0.25) is 9.59 Å². The highest BCUT2D eigenvalue weighted by atomic mass is 16.5. The van der Waals surface area contributed by atoms with Crippen LogP contribution in [0.4, 0.5) is 0 Å². The van der Waals surface area contributed by atoms with Crippen LogP contribution in [0.3, 0.4) is 0 Å². The van der Waals surface area contributed by atoms with Crippen molar-refractivity contribution in [2.24, 2.45) is 5.41 Å². The second kappa shape index (κ2) is 10.2. The molecule has 0 spiro atoms. The summed E-state index contributed by atoms with van der Waals surface area (Å²) in [6.07, 6.45) is 2.77. The number of hydrogen-bond acceptors (Lipinski definition) is 5. The van der Waals surface area contributed by atoms with E-state index in [1.807, 2.05) is 46.8 Å². The summed E-state index contributed by atoms with van der Waals surface area (Å²) in [7, 11) is 0. The summed E-state index contributed by atoms with van der Waals surface area (Å²) in [5.41, 5.74) is 3.09. The van der Waals surface area contributed by atoms with Gasteiger partial charge in [-0.1, -0.05) is 36.8 Å². The van der Waals surface area contributed by atoms with Gasteiger partial charge >= 0.3 is 11.9 Å². The number of ketones is 1. The Morgan fingerprint density at radius 3 is 2.43 bits per heavy atom. The molecule has 0 radical (unpaired) electrons. The molecule has 0 amide bonds. The summed E-state index contributed by atoms with van der Waals surface area (Å²) in [6, 6.07) is 3.92. The Morgan fingerprint density at radius 2 is 1.86 bits per heavy atom. The molecule has 1 atom stereocenters. The maximum absolute atomic E-state index is 12.3. The highest BCUT2D eigenvalue weighted by molar-refractivity contribution is 6.32. The number of aliphatic hydroxyl groups excluding tert-OH is 1. The number of hydrogen-bond donors (Lipinski definition) is 2. The molecule has 1 rings (SSSR count). The fraction of sp³-hybridized carbons (Fsp3) is 0.500. The molecular weight excluding hydrogens is 360 g/mol. The van der Waals surface area contributed by atoms with Gasteiger partial charge in [0, 0.05) is 6.42 Å². The molecule has 0 saturated carbocycles. The number of aliphatic hydroxyl groups is 1. The van der Waals surface area contributed by atoms with E-state index in [1.54, 1.807) is 6.08 Å². The van der Waals surface area contributed by atoms with Crippen molar-refractivity contribution >= 4 is 23.8 Å². The van der Waals surface area contributed by atoms with Crippen molar-refractivity contribution in [3.63, 3.8) is 0 Å². The van der Waals surface area contributed by atoms with Crippen molar-refractivity contribution in [2.75, 3.05) is 0 Å². The maximum Gasteiger partial charge on any atom is 0.372 e. The molecule has 6 heteroatoms.